The van der Waals surface area contributed by atoms with E-state index >= 15 is 0 Å². The van der Waals surface area contributed by atoms with Gasteiger partial charge in [-0.15, -0.1) is 11.3 Å². The number of benzene rings is 1. The van der Waals surface area contributed by atoms with Crippen molar-refractivity contribution in [3.05, 3.63) is 45.0 Å². The molecule has 0 aliphatic heterocycles. The molecular formula is C18H18BrN3S. The van der Waals surface area contributed by atoms with Crippen molar-refractivity contribution in [3.8, 4) is 0 Å². The topological polar surface area (TPSA) is 37.8 Å². The standard InChI is InChI=1S/C18H18BrN3S/c1-10-3-6-13-15(7-10)23-18-16(13)17(20-9-21-18)22-12-5-4-11(2)14(19)8-12/h4-5,8-10H,3,6-7H2,1-2H3,(H,20,21,22)/t10-/m0/s1. The molecule has 0 fully saturated rings. The lowest BCUT2D eigenvalue weighted by Gasteiger charge is -2.18. The lowest BCUT2D eigenvalue weighted by molar-refractivity contribution is 0.509. The number of hydrogen-bond donors (Lipinski definition) is 1. The van der Waals surface area contributed by atoms with Gasteiger partial charge in [-0.05, 0) is 55.4 Å². The van der Waals surface area contributed by atoms with E-state index in [1.807, 2.05) is 11.3 Å². The van der Waals surface area contributed by atoms with E-state index in [4.69, 9.17) is 0 Å². The Balaban J connectivity index is 1.79. The first-order valence-electron chi connectivity index (χ1n) is 7.90. The molecule has 0 saturated heterocycles. The minimum atomic E-state index is 0.771. The van der Waals surface area contributed by atoms with Crippen LogP contribution in [0.25, 0.3) is 10.2 Å². The molecule has 2 heterocycles. The lowest BCUT2D eigenvalue weighted by atomic mass is 9.89. The molecule has 1 N–H and O–H groups in total. The second-order valence-electron chi connectivity index (χ2n) is 6.34. The Bertz CT molecular complexity index is 887. The fourth-order valence-corrected chi connectivity index (χ4v) is 4.91. The molecule has 1 atom stereocenters. The number of thiophene rings is 1. The molecular weight excluding hydrogens is 370 g/mol. The molecule has 118 valence electrons. The van der Waals surface area contributed by atoms with E-state index in [-0.39, 0.29) is 0 Å². The SMILES string of the molecule is Cc1ccc(Nc2ncnc3sc4c(c23)CC[C@H](C)C4)cc1Br. The maximum absolute atomic E-state index is 4.52. The largest absolute Gasteiger partial charge is 0.340 e. The van der Waals surface area contributed by atoms with E-state index in [2.05, 4.69) is 63.3 Å². The monoisotopic (exact) mass is 387 g/mol. The second kappa shape index (κ2) is 5.87. The molecule has 5 heteroatoms. The first-order chi connectivity index (χ1) is 11.1. The summed E-state index contributed by atoms with van der Waals surface area (Å²) in [5.74, 6) is 1.70. The van der Waals surface area contributed by atoms with Gasteiger partial charge in [-0.25, -0.2) is 9.97 Å². The highest BCUT2D eigenvalue weighted by Crippen LogP contribution is 2.40. The van der Waals surface area contributed by atoms with Gasteiger partial charge in [0.2, 0.25) is 0 Å². The van der Waals surface area contributed by atoms with Crippen molar-refractivity contribution in [2.45, 2.75) is 33.1 Å². The summed E-state index contributed by atoms with van der Waals surface area (Å²) >= 11 is 5.43. The van der Waals surface area contributed by atoms with Gasteiger partial charge in [0.05, 0.1) is 5.39 Å². The van der Waals surface area contributed by atoms with Crippen molar-refractivity contribution in [1.29, 1.82) is 0 Å². The van der Waals surface area contributed by atoms with Gasteiger partial charge in [-0.3, -0.25) is 0 Å². The molecule has 3 nitrogen and oxygen atoms in total. The minimum absolute atomic E-state index is 0.771. The summed E-state index contributed by atoms with van der Waals surface area (Å²) in [6, 6.07) is 6.30. The van der Waals surface area contributed by atoms with Crippen LogP contribution in [0.15, 0.2) is 29.0 Å². The second-order valence-corrected chi connectivity index (χ2v) is 8.28. The third-order valence-corrected chi connectivity index (χ3v) is 6.54. The fraction of sp³-hybridized carbons (Fsp3) is 0.333. The van der Waals surface area contributed by atoms with Crippen LogP contribution in [-0.4, -0.2) is 9.97 Å². The van der Waals surface area contributed by atoms with Crippen LogP contribution < -0.4 is 5.32 Å². The van der Waals surface area contributed by atoms with E-state index in [9.17, 15) is 0 Å². The third-order valence-electron chi connectivity index (χ3n) is 4.53. The van der Waals surface area contributed by atoms with Gasteiger partial charge < -0.3 is 5.32 Å². The van der Waals surface area contributed by atoms with Crippen molar-refractivity contribution < 1.29 is 0 Å². The van der Waals surface area contributed by atoms with Gasteiger partial charge >= 0.3 is 0 Å². The normalized spacial score (nSPS) is 17.3. The average molecular weight is 388 g/mol. The first-order valence-corrected chi connectivity index (χ1v) is 9.51. The summed E-state index contributed by atoms with van der Waals surface area (Å²) in [6.07, 6.45) is 5.23. The quantitative estimate of drug-likeness (QED) is 0.618. The zero-order valence-electron chi connectivity index (χ0n) is 13.2. The Labute approximate surface area is 148 Å². The van der Waals surface area contributed by atoms with Gasteiger partial charge in [0.15, 0.2) is 0 Å². The maximum atomic E-state index is 4.52. The number of halogens is 1. The molecule has 0 radical (unpaired) electrons. The molecule has 4 rings (SSSR count). The highest BCUT2D eigenvalue weighted by Gasteiger charge is 2.23. The number of nitrogens with zero attached hydrogens (tertiary/aromatic N) is 2. The van der Waals surface area contributed by atoms with Gasteiger partial charge in [0.25, 0.3) is 0 Å². The predicted octanol–water partition coefficient (Wildman–Crippen LogP) is 5.63. The number of anilines is 2. The molecule has 1 aromatic carbocycles. The molecule has 0 saturated carbocycles. The number of aryl methyl sites for hydroxylation is 2. The Hall–Kier alpha value is -1.46. The van der Waals surface area contributed by atoms with Crippen LogP contribution in [0.2, 0.25) is 0 Å². The fourth-order valence-electron chi connectivity index (χ4n) is 3.18. The summed E-state index contributed by atoms with van der Waals surface area (Å²) in [5, 5.41) is 4.71. The van der Waals surface area contributed by atoms with E-state index in [0.717, 1.165) is 33.1 Å². The molecule has 0 amide bonds. The Morgan fingerprint density at radius 3 is 3.00 bits per heavy atom. The van der Waals surface area contributed by atoms with Crippen LogP contribution in [0.4, 0.5) is 11.5 Å². The zero-order valence-corrected chi connectivity index (χ0v) is 15.6. The lowest BCUT2D eigenvalue weighted by Crippen LogP contribution is -2.09. The minimum Gasteiger partial charge on any atom is -0.340 e. The van der Waals surface area contributed by atoms with E-state index in [1.165, 1.54) is 34.2 Å². The molecule has 1 aliphatic carbocycles. The van der Waals surface area contributed by atoms with E-state index in [0.29, 0.717) is 0 Å². The highest BCUT2D eigenvalue weighted by molar-refractivity contribution is 9.10. The number of fused-ring (bicyclic) bond motifs is 3. The van der Waals surface area contributed by atoms with Crippen molar-refractivity contribution in [3.63, 3.8) is 0 Å². The van der Waals surface area contributed by atoms with Gasteiger partial charge in [0, 0.05) is 15.0 Å². The molecule has 0 bridgehead atoms. The van der Waals surface area contributed by atoms with Crippen LogP contribution >= 0.6 is 27.3 Å². The summed E-state index contributed by atoms with van der Waals surface area (Å²) in [6.45, 7) is 4.43. The van der Waals surface area contributed by atoms with Crippen LogP contribution in [0.5, 0.6) is 0 Å². The summed E-state index contributed by atoms with van der Waals surface area (Å²) in [7, 11) is 0. The predicted molar refractivity (Wildman–Crippen MR) is 101 cm³/mol. The zero-order chi connectivity index (χ0) is 16.0. The van der Waals surface area contributed by atoms with Crippen molar-refractivity contribution in [1.82, 2.24) is 9.97 Å². The Kier molecular flexibility index (Phi) is 3.85. The van der Waals surface area contributed by atoms with Crippen LogP contribution in [0.1, 0.15) is 29.3 Å². The third kappa shape index (κ3) is 2.76. The van der Waals surface area contributed by atoms with E-state index in [1.54, 1.807) is 6.33 Å². The molecule has 3 aromatic rings. The van der Waals surface area contributed by atoms with Crippen LogP contribution in [0.3, 0.4) is 0 Å². The summed E-state index contributed by atoms with van der Waals surface area (Å²) < 4.78 is 1.11. The number of aromatic nitrogens is 2. The number of nitrogens with one attached hydrogen (secondary N) is 1. The van der Waals surface area contributed by atoms with Crippen LogP contribution in [0, 0.1) is 12.8 Å². The molecule has 0 spiro atoms. The van der Waals surface area contributed by atoms with Crippen molar-refractivity contribution >= 4 is 49.0 Å². The number of rotatable bonds is 2. The van der Waals surface area contributed by atoms with Crippen molar-refractivity contribution in [2.24, 2.45) is 5.92 Å². The maximum Gasteiger partial charge on any atom is 0.142 e. The first kappa shape index (κ1) is 15.1. The van der Waals surface area contributed by atoms with Crippen LogP contribution in [-0.2, 0) is 12.8 Å². The molecule has 1 aliphatic rings. The van der Waals surface area contributed by atoms with Gasteiger partial charge in [-0.2, -0.15) is 0 Å². The highest BCUT2D eigenvalue weighted by atomic mass is 79.9. The summed E-state index contributed by atoms with van der Waals surface area (Å²) in [4.78, 5) is 11.6. The Morgan fingerprint density at radius 1 is 1.30 bits per heavy atom. The smallest absolute Gasteiger partial charge is 0.142 e. The molecule has 0 unspecified atom stereocenters. The molecule has 2 aromatic heterocycles. The van der Waals surface area contributed by atoms with Gasteiger partial charge in [0.1, 0.15) is 17.0 Å². The number of hydrogen-bond acceptors (Lipinski definition) is 4. The average Bonchev–Trinajstić information content (AvgIpc) is 2.89. The van der Waals surface area contributed by atoms with E-state index < -0.39 is 0 Å². The van der Waals surface area contributed by atoms with Crippen molar-refractivity contribution in [2.75, 3.05) is 5.32 Å². The van der Waals surface area contributed by atoms with Gasteiger partial charge in [-0.1, -0.05) is 28.9 Å². The Morgan fingerprint density at radius 2 is 2.17 bits per heavy atom. The molecule has 23 heavy (non-hydrogen) atoms. The summed E-state index contributed by atoms with van der Waals surface area (Å²) in [5.41, 5.74) is 3.73.